The number of benzene rings is 5. The van der Waals surface area contributed by atoms with Gasteiger partial charge in [-0.2, -0.15) is 0 Å². The SMILES string of the molecule is [2H]C([2H])([2H])C1(C([2H])([2H])[2H])c2ccccc2-c2ccc(Nc3cc(-c4ccccc4)c4c(c3)C(C)(C)c3ccccc3-4)cc21. The number of hydrogen-bond donors (Lipinski definition) is 1. The van der Waals surface area contributed by atoms with Crippen molar-refractivity contribution in [2.75, 3.05) is 5.32 Å². The van der Waals surface area contributed by atoms with Gasteiger partial charge >= 0.3 is 0 Å². The summed E-state index contributed by atoms with van der Waals surface area (Å²) in [6.45, 7) is -1.13. The third kappa shape index (κ3) is 3.17. The molecule has 0 unspecified atom stereocenters. The Kier molecular flexibility index (Phi) is 3.46. The second-order valence-corrected chi connectivity index (χ2v) is 10.7. The summed E-state index contributed by atoms with van der Waals surface area (Å²) in [5.74, 6) is 0. The van der Waals surface area contributed by atoms with Crippen molar-refractivity contribution in [3.8, 4) is 33.4 Å². The molecule has 0 amide bonds. The maximum Gasteiger partial charge on any atom is 0.0393 e. The molecule has 2 aliphatic rings. The molecule has 7 rings (SSSR count). The van der Waals surface area contributed by atoms with Crippen LogP contribution in [0.15, 0.2) is 109 Å². The number of hydrogen-bond acceptors (Lipinski definition) is 1. The molecule has 0 spiro atoms. The van der Waals surface area contributed by atoms with Crippen LogP contribution in [0.1, 0.15) is 58.0 Å². The van der Waals surface area contributed by atoms with E-state index in [9.17, 15) is 0 Å². The van der Waals surface area contributed by atoms with Gasteiger partial charge in [0.15, 0.2) is 0 Å². The number of nitrogens with one attached hydrogen (secondary N) is 1. The van der Waals surface area contributed by atoms with Gasteiger partial charge in [0.05, 0.1) is 0 Å². The predicted octanol–water partition coefficient (Wildman–Crippen LogP) is 9.71. The fraction of sp³-hybridized carbons (Fsp3) is 0.167. The molecule has 37 heavy (non-hydrogen) atoms. The zero-order chi connectivity index (χ0) is 30.4. The molecule has 0 aromatic heterocycles. The Morgan fingerprint density at radius 2 is 1.14 bits per heavy atom. The quantitative estimate of drug-likeness (QED) is 0.269. The molecule has 1 N–H and O–H groups in total. The van der Waals surface area contributed by atoms with Gasteiger partial charge in [0.2, 0.25) is 0 Å². The molecule has 5 aromatic rings. The standard InChI is InChI=1S/C36H31N/c1-35(2)30-16-10-8-14-26(30)27-19-18-24(21-32(27)35)37-25-20-29(23-12-6-5-7-13-23)34-28-15-9-11-17-31(28)36(3,4)33(34)22-25/h5-22,37H,1-4H3/i1D3,2D3. The summed E-state index contributed by atoms with van der Waals surface area (Å²) in [5.41, 5.74) is 8.15. The molecule has 1 nitrogen and oxygen atoms in total. The maximum atomic E-state index is 8.55. The molecule has 0 radical (unpaired) electrons. The molecule has 2 aliphatic carbocycles. The molecule has 0 heterocycles. The Labute approximate surface area is 228 Å². The first-order valence-corrected chi connectivity index (χ1v) is 12.7. The minimum Gasteiger partial charge on any atom is -0.355 e. The summed E-state index contributed by atoms with van der Waals surface area (Å²) in [7, 11) is 0. The van der Waals surface area contributed by atoms with E-state index in [0.29, 0.717) is 27.9 Å². The molecule has 0 aliphatic heterocycles. The minimum absolute atomic E-state index is 0.232. The topological polar surface area (TPSA) is 12.0 Å². The van der Waals surface area contributed by atoms with E-state index >= 15 is 0 Å². The molecule has 180 valence electrons. The van der Waals surface area contributed by atoms with Crippen molar-refractivity contribution in [3.63, 3.8) is 0 Å². The third-order valence-electron chi connectivity index (χ3n) is 8.10. The highest BCUT2D eigenvalue weighted by Gasteiger charge is 2.38. The van der Waals surface area contributed by atoms with Crippen LogP contribution in [0.25, 0.3) is 33.4 Å². The normalized spacial score (nSPS) is 18.5. The van der Waals surface area contributed by atoms with E-state index in [-0.39, 0.29) is 5.41 Å². The second kappa shape index (κ2) is 7.70. The van der Waals surface area contributed by atoms with Crippen molar-refractivity contribution in [2.24, 2.45) is 0 Å². The highest BCUT2D eigenvalue weighted by molar-refractivity contribution is 5.95. The fourth-order valence-corrected chi connectivity index (χ4v) is 6.26. The van der Waals surface area contributed by atoms with Crippen LogP contribution in [0.2, 0.25) is 0 Å². The lowest BCUT2D eigenvalue weighted by Gasteiger charge is -2.24. The number of anilines is 2. The van der Waals surface area contributed by atoms with Crippen molar-refractivity contribution in [1.29, 1.82) is 0 Å². The first-order chi connectivity index (χ1) is 20.4. The first-order valence-electron chi connectivity index (χ1n) is 15.7. The van der Waals surface area contributed by atoms with Gasteiger partial charge < -0.3 is 5.32 Å². The van der Waals surface area contributed by atoms with Gasteiger partial charge in [-0.25, -0.2) is 0 Å². The monoisotopic (exact) mass is 483 g/mol. The van der Waals surface area contributed by atoms with Gasteiger partial charge in [0, 0.05) is 30.4 Å². The molecule has 5 aromatic carbocycles. The Morgan fingerprint density at radius 1 is 0.514 bits per heavy atom. The van der Waals surface area contributed by atoms with Crippen LogP contribution in [-0.2, 0) is 10.8 Å². The van der Waals surface area contributed by atoms with Gasteiger partial charge in [-0.1, -0.05) is 112 Å². The average Bonchev–Trinajstić information content (AvgIpc) is 3.40. The van der Waals surface area contributed by atoms with Gasteiger partial charge in [-0.05, 0) is 79.9 Å². The van der Waals surface area contributed by atoms with E-state index in [0.717, 1.165) is 16.8 Å². The van der Waals surface area contributed by atoms with Gasteiger partial charge in [0.1, 0.15) is 0 Å². The van der Waals surface area contributed by atoms with E-state index < -0.39 is 19.1 Å². The smallest absolute Gasteiger partial charge is 0.0393 e. The highest BCUT2D eigenvalue weighted by atomic mass is 14.9. The number of rotatable bonds is 3. The first kappa shape index (κ1) is 16.6. The van der Waals surface area contributed by atoms with Gasteiger partial charge in [-0.3, -0.25) is 0 Å². The van der Waals surface area contributed by atoms with Gasteiger partial charge in [0.25, 0.3) is 0 Å². The molecular weight excluding hydrogens is 446 g/mol. The molecule has 1 heteroatoms. The van der Waals surface area contributed by atoms with Crippen molar-refractivity contribution < 1.29 is 8.22 Å². The Morgan fingerprint density at radius 3 is 1.89 bits per heavy atom. The fourth-order valence-electron chi connectivity index (χ4n) is 6.26. The van der Waals surface area contributed by atoms with Crippen LogP contribution in [0.4, 0.5) is 11.4 Å². The van der Waals surface area contributed by atoms with Crippen LogP contribution in [0.5, 0.6) is 0 Å². The van der Waals surface area contributed by atoms with Crippen LogP contribution >= 0.6 is 0 Å². The van der Waals surface area contributed by atoms with E-state index in [2.05, 4.69) is 67.7 Å². The van der Waals surface area contributed by atoms with Crippen LogP contribution in [-0.4, -0.2) is 0 Å². The lowest BCUT2D eigenvalue weighted by Crippen LogP contribution is -2.15. The Hall–Kier alpha value is -4.10. The molecule has 0 bridgehead atoms. The zero-order valence-electron chi connectivity index (χ0n) is 26.9. The zero-order valence-corrected chi connectivity index (χ0v) is 20.9. The summed E-state index contributed by atoms with van der Waals surface area (Å²) in [4.78, 5) is 0. The molecular formula is C36H31N. The maximum absolute atomic E-state index is 8.55. The molecule has 0 saturated heterocycles. The van der Waals surface area contributed by atoms with Crippen molar-refractivity contribution >= 4 is 11.4 Å². The van der Waals surface area contributed by atoms with Crippen LogP contribution in [0, 0.1) is 0 Å². The summed E-state index contributed by atoms with van der Waals surface area (Å²) >= 11 is 0. The lowest BCUT2D eigenvalue weighted by molar-refractivity contribution is 0.660. The molecule has 0 fully saturated rings. The summed E-state index contributed by atoms with van der Waals surface area (Å²) in [6, 6.07) is 35.6. The second-order valence-electron chi connectivity index (χ2n) is 10.7. The van der Waals surface area contributed by atoms with E-state index in [4.69, 9.17) is 8.22 Å². The largest absolute Gasteiger partial charge is 0.355 e. The summed E-state index contributed by atoms with van der Waals surface area (Å²) in [5, 5.41) is 3.54. The lowest BCUT2D eigenvalue weighted by atomic mass is 9.81. The minimum atomic E-state index is -2.80. The van der Waals surface area contributed by atoms with Gasteiger partial charge in [-0.15, -0.1) is 0 Å². The Balaban J connectivity index is 1.41. The van der Waals surface area contributed by atoms with Crippen molar-refractivity contribution in [1.82, 2.24) is 0 Å². The summed E-state index contributed by atoms with van der Waals surface area (Å²) < 4.78 is 51.3. The number of fused-ring (bicyclic) bond motifs is 6. The van der Waals surface area contributed by atoms with Crippen molar-refractivity contribution in [3.05, 3.63) is 131 Å². The Bertz CT molecular complexity index is 1890. The van der Waals surface area contributed by atoms with Crippen LogP contribution in [0.3, 0.4) is 0 Å². The molecule has 0 atom stereocenters. The highest BCUT2D eigenvalue weighted by Crippen LogP contribution is 2.54. The van der Waals surface area contributed by atoms with E-state index in [1.54, 1.807) is 18.2 Å². The van der Waals surface area contributed by atoms with Crippen LogP contribution < -0.4 is 5.32 Å². The predicted molar refractivity (Wildman–Crippen MR) is 157 cm³/mol. The third-order valence-corrected chi connectivity index (χ3v) is 8.10. The van der Waals surface area contributed by atoms with E-state index in [1.807, 2.05) is 42.5 Å². The summed E-state index contributed by atoms with van der Waals surface area (Å²) in [6.07, 6.45) is 0. The molecule has 0 saturated carbocycles. The van der Waals surface area contributed by atoms with Crippen molar-refractivity contribution in [2.45, 2.75) is 38.4 Å². The average molecular weight is 484 g/mol. The van der Waals surface area contributed by atoms with E-state index in [1.165, 1.54) is 22.3 Å².